The van der Waals surface area contributed by atoms with E-state index in [2.05, 4.69) is 36.5 Å². The van der Waals surface area contributed by atoms with E-state index in [1.54, 1.807) is 19.4 Å². The van der Waals surface area contributed by atoms with Gasteiger partial charge in [-0.2, -0.15) is 5.10 Å². The zero-order valence-electron chi connectivity index (χ0n) is 10.4. The quantitative estimate of drug-likeness (QED) is 0.638. The van der Waals surface area contributed by atoms with E-state index in [-0.39, 0.29) is 6.04 Å². The molecule has 2 heterocycles. The molecule has 0 aliphatic carbocycles. The lowest BCUT2D eigenvalue weighted by atomic mass is 10.1. The molecule has 1 unspecified atom stereocenters. The summed E-state index contributed by atoms with van der Waals surface area (Å²) in [5.74, 6) is 6.04. The van der Waals surface area contributed by atoms with Crippen molar-refractivity contribution >= 4 is 15.9 Å². The average Bonchev–Trinajstić information content (AvgIpc) is 2.47. The van der Waals surface area contributed by atoms with E-state index in [1.165, 1.54) is 0 Å². The van der Waals surface area contributed by atoms with Gasteiger partial charge in [-0.25, -0.2) is 0 Å². The number of ether oxygens (including phenoxy) is 1. The van der Waals surface area contributed by atoms with Gasteiger partial charge in [0.25, 0.3) is 0 Å². The first-order chi connectivity index (χ1) is 9.22. The van der Waals surface area contributed by atoms with Crippen LogP contribution in [0.3, 0.4) is 0 Å². The number of nitrogens with one attached hydrogen (secondary N) is 1. The maximum atomic E-state index is 5.57. The standard InChI is InChI=1S/C12H14BrN5O/c1-19-12-5-4-10(17-18-12)11(16-14)6-9-3-2-8(13)7-15-9/h2-5,7,11,16H,6,14H2,1H3. The van der Waals surface area contributed by atoms with Gasteiger partial charge in [0.1, 0.15) is 0 Å². The number of pyridine rings is 1. The molecule has 0 bridgehead atoms. The Balaban J connectivity index is 2.12. The van der Waals surface area contributed by atoms with Crippen LogP contribution in [0.1, 0.15) is 17.4 Å². The summed E-state index contributed by atoms with van der Waals surface area (Å²) >= 11 is 3.35. The van der Waals surface area contributed by atoms with E-state index < -0.39 is 0 Å². The molecule has 3 N–H and O–H groups in total. The molecule has 0 aromatic carbocycles. The topological polar surface area (TPSA) is 86.0 Å². The van der Waals surface area contributed by atoms with Crippen LogP contribution in [0.25, 0.3) is 0 Å². The van der Waals surface area contributed by atoms with Crippen LogP contribution in [-0.2, 0) is 6.42 Å². The molecule has 0 aliphatic heterocycles. The number of hydrogen-bond acceptors (Lipinski definition) is 6. The van der Waals surface area contributed by atoms with Gasteiger partial charge < -0.3 is 4.74 Å². The highest BCUT2D eigenvalue weighted by Crippen LogP contribution is 2.17. The van der Waals surface area contributed by atoms with Crippen molar-refractivity contribution < 1.29 is 4.74 Å². The smallest absolute Gasteiger partial charge is 0.233 e. The number of methoxy groups -OCH3 is 1. The fraction of sp³-hybridized carbons (Fsp3) is 0.250. The van der Waals surface area contributed by atoms with Gasteiger partial charge in [-0.1, -0.05) is 0 Å². The Morgan fingerprint density at radius 1 is 1.32 bits per heavy atom. The summed E-state index contributed by atoms with van der Waals surface area (Å²) in [6.07, 6.45) is 2.38. The summed E-state index contributed by atoms with van der Waals surface area (Å²) in [6.45, 7) is 0. The fourth-order valence-corrected chi connectivity index (χ4v) is 1.84. The van der Waals surface area contributed by atoms with Crippen molar-refractivity contribution in [3.8, 4) is 5.88 Å². The monoisotopic (exact) mass is 323 g/mol. The molecule has 19 heavy (non-hydrogen) atoms. The average molecular weight is 324 g/mol. The minimum atomic E-state index is -0.146. The second kappa shape index (κ2) is 6.55. The van der Waals surface area contributed by atoms with Crippen LogP contribution in [0.2, 0.25) is 0 Å². The maximum absolute atomic E-state index is 5.57. The molecule has 6 nitrogen and oxygen atoms in total. The van der Waals surface area contributed by atoms with Crippen molar-refractivity contribution in [2.75, 3.05) is 7.11 Å². The van der Waals surface area contributed by atoms with Gasteiger partial charge in [-0.05, 0) is 34.1 Å². The van der Waals surface area contributed by atoms with Crippen molar-refractivity contribution in [1.82, 2.24) is 20.6 Å². The largest absolute Gasteiger partial charge is 0.480 e. The van der Waals surface area contributed by atoms with Gasteiger partial charge in [0.15, 0.2) is 0 Å². The summed E-state index contributed by atoms with van der Waals surface area (Å²) in [4.78, 5) is 4.31. The van der Waals surface area contributed by atoms with Crippen molar-refractivity contribution in [2.45, 2.75) is 12.5 Å². The first-order valence-corrected chi connectivity index (χ1v) is 6.46. The molecule has 0 aliphatic rings. The lowest BCUT2D eigenvalue weighted by molar-refractivity contribution is 0.389. The number of hydrazine groups is 1. The summed E-state index contributed by atoms with van der Waals surface area (Å²) in [7, 11) is 1.55. The molecule has 2 rings (SSSR count). The molecular formula is C12H14BrN5O. The molecule has 100 valence electrons. The lowest BCUT2D eigenvalue weighted by Gasteiger charge is -2.14. The number of halogens is 1. The zero-order chi connectivity index (χ0) is 13.7. The second-order valence-corrected chi connectivity index (χ2v) is 4.81. The minimum absolute atomic E-state index is 0.146. The van der Waals surface area contributed by atoms with Gasteiger partial charge in [-0.3, -0.25) is 16.3 Å². The van der Waals surface area contributed by atoms with Crippen molar-refractivity contribution in [3.05, 3.63) is 46.3 Å². The molecule has 2 aromatic rings. The highest BCUT2D eigenvalue weighted by atomic mass is 79.9. The molecule has 0 amide bonds. The van der Waals surface area contributed by atoms with E-state index >= 15 is 0 Å². The number of hydrogen-bond donors (Lipinski definition) is 2. The molecule has 1 atom stereocenters. The molecule has 2 aromatic heterocycles. The Kier molecular flexibility index (Phi) is 4.78. The van der Waals surface area contributed by atoms with Crippen LogP contribution in [-0.4, -0.2) is 22.3 Å². The molecule has 0 saturated carbocycles. The summed E-state index contributed by atoms with van der Waals surface area (Å²) in [5.41, 5.74) is 4.39. The first-order valence-electron chi connectivity index (χ1n) is 5.67. The Labute approximate surface area is 119 Å². The predicted octanol–water partition coefficient (Wildman–Crippen LogP) is 1.39. The molecule has 0 saturated heterocycles. The fourth-order valence-electron chi connectivity index (χ4n) is 1.61. The van der Waals surface area contributed by atoms with Crippen LogP contribution < -0.4 is 16.0 Å². The highest BCUT2D eigenvalue weighted by molar-refractivity contribution is 9.10. The van der Waals surface area contributed by atoms with E-state index in [1.807, 2.05) is 18.2 Å². The van der Waals surface area contributed by atoms with Gasteiger partial charge >= 0.3 is 0 Å². The van der Waals surface area contributed by atoms with Crippen LogP contribution in [0.5, 0.6) is 5.88 Å². The third-order valence-corrected chi connectivity index (χ3v) is 3.10. The molecule has 0 radical (unpaired) electrons. The highest BCUT2D eigenvalue weighted by Gasteiger charge is 2.13. The van der Waals surface area contributed by atoms with Crippen LogP contribution in [0.15, 0.2) is 34.9 Å². The van der Waals surface area contributed by atoms with Crippen molar-refractivity contribution in [3.63, 3.8) is 0 Å². The molecular weight excluding hydrogens is 310 g/mol. The van der Waals surface area contributed by atoms with Gasteiger partial charge in [0.2, 0.25) is 5.88 Å². The summed E-state index contributed by atoms with van der Waals surface area (Å²) in [5, 5.41) is 8.01. The predicted molar refractivity (Wildman–Crippen MR) is 74.3 cm³/mol. The zero-order valence-corrected chi connectivity index (χ0v) is 12.0. The first kappa shape index (κ1) is 13.9. The Morgan fingerprint density at radius 3 is 2.68 bits per heavy atom. The molecule has 7 heteroatoms. The second-order valence-electron chi connectivity index (χ2n) is 3.89. The Hall–Kier alpha value is -1.57. The van der Waals surface area contributed by atoms with Crippen LogP contribution in [0.4, 0.5) is 0 Å². The van der Waals surface area contributed by atoms with E-state index in [4.69, 9.17) is 10.6 Å². The minimum Gasteiger partial charge on any atom is -0.480 e. The van der Waals surface area contributed by atoms with E-state index in [0.717, 1.165) is 15.9 Å². The normalized spacial score (nSPS) is 12.2. The van der Waals surface area contributed by atoms with E-state index in [9.17, 15) is 0 Å². The van der Waals surface area contributed by atoms with Gasteiger partial charge in [0, 0.05) is 28.9 Å². The SMILES string of the molecule is COc1ccc(C(Cc2ccc(Br)cn2)NN)nn1. The number of aromatic nitrogens is 3. The maximum Gasteiger partial charge on any atom is 0.233 e. The van der Waals surface area contributed by atoms with Crippen molar-refractivity contribution in [2.24, 2.45) is 5.84 Å². The molecule has 0 spiro atoms. The molecule has 0 fully saturated rings. The van der Waals surface area contributed by atoms with Crippen LogP contribution in [0, 0.1) is 0 Å². The van der Waals surface area contributed by atoms with Gasteiger partial charge in [-0.15, -0.1) is 5.10 Å². The van der Waals surface area contributed by atoms with Gasteiger partial charge in [0.05, 0.1) is 18.8 Å². The third kappa shape index (κ3) is 3.69. The number of rotatable bonds is 5. The lowest BCUT2D eigenvalue weighted by Crippen LogP contribution is -2.30. The van der Waals surface area contributed by atoms with E-state index in [0.29, 0.717) is 12.3 Å². The number of nitrogens with zero attached hydrogens (tertiary/aromatic N) is 3. The van der Waals surface area contributed by atoms with Crippen molar-refractivity contribution in [1.29, 1.82) is 0 Å². The summed E-state index contributed by atoms with van der Waals surface area (Å²) < 4.78 is 5.91. The Morgan fingerprint density at radius 2 is 2.16 bits per heavy atom. The Bertz CT molecular complexity index is 517. The third-order valence-electron chi connectivity index (χ3n) is 2.63. The number of nitrogens with two attached hydrogens (primary N) is 1. The van der Waals surface area contributed by atoms with Crippen LogP contribution >= 0.6 is 15.9 Å². The summed E-state index contributed by atoms with van der Waals surface area (Å²) in [6, 6.07) is 7.31.